The zero-order valence-corrected chi connectivity index (χ0v) is 16.7. The van der Waals surface area contributed by atoms with Crippen LogP contribution in [0.3, 0.4) is 0 Å². The highest BCUT2D eigenvalue weighted by atomic mass is 28.3. The van der Waals surface area contributed by atoms with Crippen molar-refractivity contribution in [1.29, 1.82) is 0 Å². The Morgan fingerprint density at radius 2 is 1.46 bits per heavy atom. The van der Waals surface area contributed by atoms with E-state index in [0.29, 0.717) is 6.10 Å². The lowest BCUT2D eigenvalue weighted by atomic mass is 10.0. The Morgan fingerprint density at radius 1 is 0.846 bits per heavy atom. The number of rotatable bonds is 5. The van der Waals surface area contributed by atoms with E-state index in [2.05, 4.69) is 70.9 Å². The van der Waals surface area contributed by atoms with E-state index >= 15 is 0 Å². The molecule has 0 spiro atoms. The molecule has 0 unspecified atom stereocenters. The number of hydrogen-bond donors (Lipinski definition) is 1. The highest BCUT2D eigenvalue weighted by Gasteiger charge is 2.29. The molecule has 3 nitrogen and oxygen atoms in total. The minimum absolute atomic E-state index is 0.403. The molecule has 0 amide bonds. The van der Waals surface area contributed by atoms with Gasteiger partial charge in [-0.3, -0.25) is 4.90 Å². The van der Waals surface area contributed by atoms with Crippen LogP contribution in [-0.4, -0.2) is 52.3 Å². The monoisotopic (exact) mass is 366 g/mol. The van der Waals surface area contributed by atoms with Gasteiger partial charge < -0.3 is 9.74 Å². The van der Waals surface area contributed by atoms with E-state index in [1.165, 1.54) is 55.7 Å². The van der Waals surface area contributed by atoms with Crippen LogP contribution in [0.1, 0.15) is 25.7 Å². The molecule has 4 rings (SSSR count). The second-order valence-electron chi connectivity index (χ2n) is 7.57. The van der Waals surface area contributed by atoms with Crippen molar-refractivity contribution in [3.05, 3.63) is 60.7 Å². The van der Waals surface area contributed by atoms with Crippen molar-refractivity contribution < 1.29 is 4.43 Å². The van der Waals surface area contributed by atoms with Crippen molar-refractivity contribution >= 4 is 19.4 Å². The number of nitrogens with zero attached hydrogens (tertiary/aromatic N) is 1. The predicted molar refractivity (Wildman–Crippen MR) is 111 cm³/mol. The fraction of sp³-hybridized carbons (Fsp3) is 0.455. The summed E-state index contributed by atoms with van der Waals surface area (Å²) in [6, 6.07) is 22.5. The number of benzene rings is 2. The molecule has 2 aliphatic heterocycles. The number of piperidine rings is 2. The Balaban J connectivity index is 1.41. The fourth-order valence-corrected chi connectivity index (χ4v) is 6.82. The van der Waals surface area contributed by atoms with Gasteiger partial charge in [-0.05, 0) is 42.6 Å². The summed E-state index contributed by atoms with van der Waals surface area (Å²) < 4.78 is 6.80. The van der Waals surface area contributed by atoms with E-state index in [0.717, 1.165) is 12.6 Å². The highest BCUT2D eigenvalue weighted by molar-refractivity contribution is 6.80. The lowest BCUT2D eigenvalue weighted by molar-refractivity contribution is 0.0684. The first-order valence-corrected chi connectivity index (χ1v) is 11.7. The molecule has 2 aromatic rings. The lowest BCUT2D eigenvalue weighted by Crippen LogP contribution is -2.52. The van der Waals surface area contributed by atoms with Gasteiger partial charge in [0.25, 0.3) is 0 Å². The van der Waals surface area contributed by atoms with Crippen molar-refractivity contribution in [2.45, 2.75) is 37.8 Å². The quantitative estimate of drug-likeness (QED) is 0.816. The first-order chi connectivity index (χ1) is 12.9. The van der Waals surface area contributed by atoms with E-state index < -0.39 is 9.04 Å². The van der Waals surface area contributed by atoms with Crippen molar-refractivity contribution in [1.82, 2.24) is 10.2 Å². The van der Waals surface area contributed by atoms with Crippen LogP contribution >= 0.6 is 0 Å². The Kier molecular flexibility index (Phi) is 6.17. The third kappa shape index (κ3) is 4.44. The topological polar surface area (TPSA) is 24.5 Å². The average molecular weight is 367 g/mol. The van der Waals surface area contributed by atoms with Crippen molar-refractivity contribution in [2.75, 3.05) is 26.2 Å². The summed E-state index contributed by atoms with van der Waals surface area (Å²) in [7, 11) is -1.61. The lowest BCUT2D eigenvalue weighted by Gasteiger charge is -2.40. The van der Waals surface area contributed by atoms with Crippen LogP contribution in [0.4, 0.5) is 0 Å². The Bertz CT molecular complexity index is 613. The molecule has 2 aliphatic rings. The summed E-state index contributed by atoms with van der Waals surface area (Å²) in [5.74, 6) is 0. The minimum Gasteiger partial charge on any atom is -0.408 e. The zero-order chi connectivity index (χ0) is 17.6. The van der Waals surface area contributed by atoms with Crippen LogP contribution in [0.25, 0.3) is 0 Å². The van der Waals surface area contributed by atoms with Gasteiger partial charge in [-0.1, -0.05) is 60.7 Å². The van der Waals surface area contributed by atoms with Crippen molar-refractivity contribution in [2.24, 2.45) is 0 Å². The average Bonchev–Trinajstić information content (AvgIpc) is 2.74. The molecule has 0 aromatic heterocycles. The molecule has 0 radical (unpaired) electrons. The van der Waals surface area contributed by atoms with Crippen LogP contribution in [0, 0.1) is 0 Å². The first-order valence-electron chi connectivity index (χ1n) is 10.1. The van der Waals surface area contributed by atoms with Gasteiger partial charge in [-0.25, -0.2) is 0 Å². The number of hydrogen-bond acceptors (Lipinski definition) is 3. The Labute approximate surface area is 159 Å². The van der Waals surface area contributed by atoms with E-state index in [1.807, 2.05) is 0 Å². The molecule has 0 bridgehead atoms. The number of likely N-dealkylation sites (tertiary alicyclic amines) is 1. The second kappa shape index (κ2) is 8.96. The molecular weight excluding hydrogens is 336 g/mol. The van der Waals surface area contributed by atoms with Gasteiger partial charge in [-0.2, -0.15) is 0 Å². The molecule has 1 N–H and O–H groups in total. The SMILES string of the molecule is c1ccc([SiH](OC2CCN([C@H]3CCCNC3)CC2)c2ccccc2)cc1. The van der Waals surface area contributed by atoms with Gasteiger partial charge in [0.05, 0.1) is 0 Å². The molecule has 1 atom stereocenters. The van der Waals surface area contributed by atoms with E-state index in [-0.39, 0.29) is 0 Å². The van der Waals surface area contributed by atoms with Gasteiger partial charge in [-0.15, -0.1) is 0 Å². The van der Waals surface area contributed by atoms with E-state index in [9.17, 15) is 0 Å². The summed E-state index contributed by atoms with van der Waals surface area (Å²) in [5.41, 5.74) is 0. The number of nitrogens with one attached hydrogen (secondary N) is 1. The summed E-state index contributed by atoms with van der Waals surface area (Å²) in [6.07, 6.45) is 5.40. The van der Waals surface area contributed by atoms with Gasteiger partial charge in [0.2, 0.25) is 9.04 Å². The molecular formula is C22H30N2OSi. The smallest absolute Gasteiger partial charge is 0.240 e. The van der Waals surface area contributed by atoms with Crippen LogP contribution in [0.2, 0.25) is 0 Å². The minimum atomic E-state index is -1.61. The maximum absolute atomic E-state index is 6.80. The van der Waals surface area contributed by atoms with E-state index in [1.54, 1.807) is 0 Å². The standard InChI is InChI=1S/C22H30N2OSi/c1-3-9-21(10-4-1)26(22-11-5-2-6-12-22)25-20-13-16-24(17-14-20)19-8-7-15-23-18-19/h1-6,9-12,19-20,23,26H,7-8,13-18H2/t19-/m0/s1. The summed E-state index contributed by atoms with van der Waals surface area (Å²) >= 11 is 0. The predicted octanol–water partition coefficient (Wildman–Crippen LogP) is 1.76. The highest BCUT2D eigenvalue weighted by Crippen LogP contribution is 2.20. The summed E-state index contributed by atoms with van der Waals surface area (Å²) in [6.45, 7) is 4.72. The van der Waals surface area contributed by atoms with Crippen molar-refractivity contribution in [3.63, 3.8) is 0 Å². The van der Waals surface area contributed by atoms with Crippen LogP contribution in [-0.2, 0) is 4.43 Å². The molecule has 2 saturated heterocycles. The maximum Gasteiger partial charge on any atom is 0.240 e. The molecule has 4 heteroatoms. The Hall–Kier alpha value is -1.46. The van der Waals surface area contributed by atoms with Crippen LogP contribution in [0.5, 0.6) is 0 Å². The third-order valence-corrected chi connectivity index (χ3v) is 8.43. The first kappa shape index (κ1) is 17.9. The molecule has 26 heavy (non-hydrogen) atoms. The zero-order valence-electron chi connectivity index (χ0n) is 15.5. The van der Waals surface area contributed by atoms with Gasteiger partial charge >= 0.3 is 0 Å². The Morgan fingerprint density at radius 3 is 2.00 bits per heavy atom. The molecule has 2 fully saturated rings. The third-order valence-electron chi connectivity index (χ3n) is 5.80. The van der Waals surface area contributed by atoms with Crippen LogP contribution in [0.15, 0.2) is 60.7 Å². The normalized spacial score (nSPS) is 22.6. The van der Waals surface area contributed by atoms with Gasteiger partial charge in [0.1, 0.15) is 0 Å². The van der Waals surface area contributed by atoms with E-state index in [4.69, 9.17) is 4.43 Å². The molecule has 2 aromatic carbocycles. The summed E-state index contributed by atoms with van der Waals surface area (Å²) in [5, 5.41) is 6.33. The molecule has 138 valence electrons. The van der Waals surface area contributed by atoms with Crippen LogP contribution < -0.4 is 15.7 Å². The maximum atomic E-state index is 6.80. The second-order valence-corrected chi connectivity index (χ2v) is 9.94. The van der Waals surface area contributed by atoms with Gasteiger partial charge in [0, 0.05) is 31.8 Å². The largest absolute Gasteiger partial charge is 0.408 e. The fourth-order valence-electron chi connectivity index (χ4n) is 4.32. The van der Waals surface area contributed by atoms with Crippen molar-refractivity contribution in [3.8, 4) is 0 Å². The summed E-state index contributed by atoms with van der Waals surface area (Å²) in [4.78, 5) is 2.69. The molecule has 0 saturated carbocycles. The molecule has 0 aliphatic carbocycles. The molecule has 2 heterocycles. The van der Waals surface area contributed by atoms with Gasteiger partial charge in [0.15, 0.2) is 0 Å².